The van der Waals surface area contributed by atoms with Crippen LogP contribution in [0.3, 0.4) is 0 Å². The number of fused-ring (bicyclic) bond motifs is 9. The molecular weight excluding hydrogens is 620 g/mol. The fraction of sp³-hybridized carbons (Fsp3) is 0. The first-order chi connectivity index (χ1) is 21.7. The van der Waals surface area contributed by atoms with E-state index in [0.29, 0.717) is 0 Å². The molecule has 0 fully saturated rings. The van der Waals surface area contributed by atoms with Gasteiger partial charge in [-0.05, 0) is 94.8 Å². The molecule has 0 atom stereocenters. The van der Waals surface area contributed by atoms with Crippen molar-refractivity contribution in [1.82, 2.24) is 9.97 Å². The number of thiophene rings is 1. The summed E-state index contributed by atoms with van der Waals surface area (Å²) in [6.45, 7) is 0. The van der Waals surface area contributed by atoms with Gasteiger partial charge in [0.2, 0.25) is 0 Å². The summed E-state index contributed by atoms with van der Waals surface area (Å²) < 4.78 is 1.95. The molecule has 44 heavy (non-hydrogen) atoms. The lowest BCUT2D eigenvalue weighted by atomic mass is 9.91. The molecule has 0 saturated carbocycles. The van der Waals surface area contributed by atoms with Crippen molar-refractivity contribution in [3.63, 3.8) is 0 Å². The van der Waals surface area contributed by atoms with Crippen molar-refractivity contribution >= 4 is 80.0 Å². The largest absolute Gasteiger partial charge is 0.235 e. The molecule has 2 aromatic heterocycles. The monoisotopic (exact) mass is 642 g/mol. The van der Waals surface area contributed by atoms with Crippen molar-refractivity contribution in [3.8, 4) is 33.5 Å². The molecule has 2 heterocycles. The molecule has 0 N–H and O–H groups in total. The molecule has 0 amide bonds. The maximum Gasteiger partial charge on any atom is 0.143 e. The van der Waals surface area contributed by atoms with Crippen LogP contribution in [0.5, 0.6) is 0 Å². The number of hydrogen-bond donors (Lipinski definition) is 0. The molecule has 4 heteroatoms. The Balaban J connectivity index is 1.16. The highest BCUT2D eigenvalue weighted by atomic mass is 79.9. The minimum Gasteiger partial charge on any atom is -0.235 e. The van der Waals surface area contributed by atoms with E-state index in [1.54, 1.807) is 11.3 Å². The summed E-state index contributed by atoms with van der Waals surface area (Å²) in [5, 5.41) is 8.88. The van der Waals surface area contributed by atoms with Gasteiger partial charge in [-0.2, -0.15) is 0 Å². The van der Waals surface area contributed by atoms with Gasteiger partial charge in [0.05, 0.1) is 0 Å². The third kappa shape index (κ3) is 4.06. The highest BCUT2D eigenvalue weighted by molar-refractivity contribution is 9.10. The maximum atomic E-state index is 5.01. The molecule has 0 unspecified atom stereocenters. The molecule has 7 aromatic carbocycles. The van der Waals surface area contributed by atoms with Gasteiger partial charge in [-0.25, -0.2) is 9.97 Å². The molecule has 9 rings (SSSR count). The van der Waals surface area contributed by atoms with Crippen molar-refractivity contribution in [3.05, 3.63) is 144 Å². The van der Waals surface area contributed by atoms with Crippen molar-refractivity contribution in [2.75, 3.05) is 0 Å². The van der Waals surface area contributed by atoms with Crippen LogP contribution in [0.1, 0.15) is 0 Å². The van der Waals surface area contributed by atoms with Crippen LogP contribution >= 0.6 is 27.3 Å². The van der Waals surface area contributed by atoms with E-state index in [1.165, 1.54) is 59.3 Å². The third-order valence-corrected chi connectivity index (χ3v) is 10.2. The van der Waals surface area contributed by atoms with E-state index in [0.717, 1.165) is 31.6 Å². The Bertz CT molecular complexity index is 2530. The number of rotatable bonds is 3. The Kier molecular flexibility index (Phi) is 5.87. The molecule has 0 bridgehead atoms. The molecule has 0 radical (unpaired) electrons. The van der Waals surface area contributed by atoms with E-state index < -0.39 is 0 Å². The highest BCUT2D eigenvalue weighted by Gasteiger charge is 2.15. The zero-order valence-electron chi connectivity index (χ0n) is 23.5. The Labute approximate surface area is 266 Å². The predicted octanol–water partition coefficient (Wildman–Crippen LogP) is 12.1. The Morgan fingerprint density at radius 2 is 0.932 bits per heavy atom. The van der Waals surface area contributed by atoms with Crippen molar-refractivity contribution in [2.45, 2.75) is 0 Å². The van der Waals surface area contributed by atoms with Crippen LogP contribution < -0.4 is 0 Å². The molecule has 2 nitrogen and oxygen atoms in total. The van der Waals surface area contributed by atoms with Gasteiger partial charge in [0.1, 0.15) is 20.6 Å². The Morgan fingerprint density at radius 1 is 0.409 bits per heavy atom. The Morgan fingerprint density at radius 3 is 1.61 bits per heavy atom. The lowest BCUT2D eigenvalue weighted by Gasteiger charge is -2.12. The minimum atomic E-state index is 0.764. The number of aromatic nitrogens is 2. The highest BCUT2D eigenvalue weighted by Crippen LogP contribution is 2.40. The fourth-order valence-electron chi connectivity index (χ4n) is 6.48. The van der Waals surface area contributed by atoms with Crippen LogP contribution in [0.25, 0.3) is 86.3 Å². The van der Waals surface area contributed by atoms with Crippen LogP contribution in [0.2, 0.25) is 0 Å². The predicted molar refractivity (Wildman–Crippen MR) is 191 cm³/mol. The van der Waals surface area contributed by atoms with E-state index >= 15 is 0 Å². The number of nitrogens with zero attached hydrogens (tertiary/aromatic N) is 2. The number of halogens is 1. The van der Waals surface area contributed by atoms with E-state index in [4.69, 9.17) is 9.97 Å². The van der Waals surface area contributed by atoms with E-state index in [9.17, 15) is 0 Å². The average Bonchev–Trinajstić information content (AvgIpc) is 3.45. The SMILES string of the molecule is Brc1nc2c(nc1-c1ccccc1)sc1ccc(-c3cccc(-c4ccc5c6ccccc6c6ccccc6c5c4)c3)cc12. The summed E-state index contributed by atoms with van der Waals surface area (Å²) in [4.78, 5) is 10.9. The molecule has 0 spiro atoms. The van der Waals surface area contributed by atoms with E-state index in [1.807, 2.05) is 18.2 Å². The van der Waals surface area contributed by atoms with Gasteiger partial charge in [-0.3, -0.25) is 0 Å². The van der Waals surface area contributed by atoms with Gasteiger partial charge in [0.15, 0.2) is 0 Å². The molecule has 0 aliphatic heterocycles. The summed E-state index contributed by atoms with van der Waals surface area (Å²) in [5.41, 5.74) is 7.62. The van der Waals surface area contributed by atoms with Gasteiger partial charge >= 0.3 is 0 Å². The second-order valence-corrected chi connectivity index (χ2v) is 12.9. The van der Waals surface area contributed by atoms with Gasteiger partial charge in [-0.1, -0.05) is 115 Å². The first kappa shape index (κ1) is 25.6. The van der Waals surface area contributed by atoms with E-state index in [-0.39, 0.29) is 0 Å². The topological polar surface area (TPSA) is 25.8 Å². The smallest absolute Gasteiger partial charge is 0.143 e. The quantitative estimate of drug-likeness (QED) is 0.179. The summed E-state index contributed by atoms with van der Waals surface area (Å²) in [6.07, 6.45) is 0. The van der Waals surface area contributed by atoms with Crippen molar-refractivity contribution in [1.29, 1.82) is 0 Å². The van der Waals surface area contributed by atoms with Crippen LogP contribution in [0.15, 0.2) is 144 Å². The van der Waals surface area contributed by atoms with Crippen LogP contribution in [0.4, 0.5) is 0 Å². The summed E-state index contributed by atoms with van der Waals surface area (Å²) >= 11 is 5.39. The zero-order chi connectivity index (χ0) is 29.2. The summed E-state index contributed by atoms with van der Waals surface area (Å²) in [5.74, 6) is 0. The molecule has 0 aliphatic rings. The van der Waals surface area contributed by atoms with Crippen LogP contribution in [0, 0.1) is 0 Å². The van der Waals surface area contributed by atoms with Crippen LogP contribution in [-0.4, -0.2) is 9.97 Å². The molecule has 9 aromatic rings. The first-order valence-corrected chi connectivity index (χ1v) is 16.2. The average molecular weight is 644 g/mol. The molecule has 0 aliphatic carbocycles. The zero-order valence-corrected chi connectivity index (χ0v) is 25.9. The second kappa shape index (κ2) is 10.1. The van der Waals surface area contributed by atoms with Gasteiger partial charge in [0.25, 0.3) is 0 Å². The van der Waals surface area contributed by atoms with Crippen molar-refractivity contribution in [2.24, 2.45) is 0 Å². The lowest BCUT2D eigenvalue weighted by molar-refractivity contribution is 1.27. The molecule has 0 saturated heterocycles. The minimum absolute atomic E-state index is 0.764. The lowest BCUT2D eigenvalue weighted by Crippen LogP contribution is -1.89. The standard InChI is InChI=1S/C40H23BrN2S/c41-39-37(24-9-2-1-3-10-24)43-40-38(42-39)35-23-28(18-20-36(35)44-40)26-12-8-11-25(21-26)27-17-19-33-31-15-5-4-13-29(31)30-14-6-7-16-32(30)34(33)22-27/h1-23H. The van der Waals surface area contributed by atoms with E-state index in [2.05, 4.69) is 137 Å². The summed E-state index contributed by atoms with van der Waals surface area (Å²) in [6, 6.07) is 50.1. The normalized spacial score (nSPS) is 11.8. The number of benzene rings is 7. The van der Waals surface area contributed by atoms with Crippen molar-refractivity contribution < 1.29 is 0 Å². The Hall–Kier alpha value is -4.90. The molecule has 206 valence electrons. The third-order valence-electron chi connectivity index (χ3n) is 8.58. The first-order valence-electron chi connectivity index (χ1n) is 14.6. The summed E-state index contributed by atoms with van der Waals surface area (Å²) in [7, 11) is 0. The van der Waals surface area contributed by atoms with Crippen LogP contribution in [-0.2, 0) is 0 Å². The number of hydrogen-bond acceptors (Lipinski definition) is 3. The fourth-order valence-corrected chi connectivity index (χ4v) is 7.97. The second-order valence-electron chi connectivity index (χ2n) is 11.1. The van der Waals surface area contributed by atoms with Gasteiger partial charge in [0, 0.05) is 15.6 Å². The van der Waals surface area contributed by atoms with Gasteiger partial charge < -0.3 is 0 Å². The molecular formula is C40H23BrN2S. The van der Waals surface area contributed by atoms with Gasteiger partial charge in [-0.15, -0.1) is 11.3 Å². The maximum absolute atomic E-state index is 5.01.